The highest BCUT2D eigenvalue weighted by molar-refractivity contribution is 6.39. The minimum atomic E-state index is -1.21. The maximum atomic E-state index is 15.7. The van der Waals surface area contributed by atoms with E-state index in [0.717, 1.165) is 29.8 Å². The van der Waals surface area contributed by atoms with E-state index in [-0.39, 0.29) is 50.4 Å². The zero-order chi connectivity index (χ0) is 32.2. The highest BCUT2D eigenvalue weighted by Gasteiger charge is 2.30. The number of hydrogen-bond donors (Lipinski definition) is 1. The highest BCUT2D eigenvalue weighted by atomic mass is 35.5. The van der Waals surface area contributed by atoms with Crippen LogP contribution in [0.4, 0.5) is 8.78 Å². The van der Waals surface area contributed by atoms with Gasteiger partial charge in [0, 0.05) is 36.7 Å². The lowest BCUT2D eigenvalue weighted by Crippen LogP contribution is -2.32. The maximum Gasteiger partial charge on any atom is 0.303 e. The van der Waals surface area contributed by atoms with Gasteiger partial charge in [0.05, 0.1) is 22.5 Å². The Morgan fingerprint density at radius 1 is 0.977 bits per heavy atom. The number of ketones is 1. The van der Waals surface area contributed by atoms with Crippen molar-refractivity contribution in [3.05, 3.63) is 90.8 Å². The molecule has 6 nitrogen and oxygen atoms in total. The van der Waals surface area contributed by atoms with Crippen LogP contribution in [0.3, 0.4) is 0 Å². The average molecular weight is 636 g/mol. The van der Waals surface area contributed by atoms with Crippen molar-refractivity contribution in [3.63, 3.8) is 0 Å². The monoisotopic (exact) mass is 634 g/mol. The van der Waals surface area contributed by atoms with E-state index in [1.54, 1.807) is 6.20 Å². The van der Waals surface area contributed by atoms with Gasteiger partial charge in [-0.1, -0.05) is 37.0 Å². The minimum Gasteiger partial charge on any atom is -0.481 e. The number of aryl methyl sites for hydroxylation is 2. The molecule has 0 spiro atoms. The molecular formula is C33H38Cl2F2N2O4. The normalized spacial score (nSPS) is 13.0. The van der Waals surface area contributed by atoms with E-state index in [4.69, 9.17) is 23.2 Å². The van der Waals surface area contributed by atoms with Crippen LogP contribution >= 0.6 is 23.2 Å². The molecule has 0 saturated heterocycles. The van der Waals surface area contributed by atoms with Crippen molar-refractivity contribution in [3.8, 4) is 11.1 Å². The van der Waals surface area contributed by atoms with Crippen LogP contribution in [0.2, 0.25) is 10.0 Å². The predicted octanol–water partition coefficient (Wildman–Crippen LogP) is 7.63. The third kappa shape index (κ3) is 8.74. The number of carboxylic acid groups (broad SMARTS) is 1. The summed E-state index contributed by atoms with van der Waals surface area (Å²) in [5.74, 6) is -3.89. The highest BCUT2D eigenvalue weighted by Crippen LogP contribution is 2.40. The molecular weight excluding hydrogens is 597 g/mol. The summed E-state index contributed by atoms with van der Waals surface area (Å²) in [6.07, 6.45) is 1.90. The van der Waals surface area contributed by atoms with Gasteiger partial charge in [-0.25, -0.2) is 8.78 Å². The molecule has 0 aliphatic heterocycles. The number of pyridine rings is 1. The first-order valence-electron chi connectivity index (χ1n) is 14.1. The fourth-order valence-electron chi connectivity index (χ4n) is 5.32. The number of aliphatic carboxylic acids is 1. The number of halogens is 4. The molecule has 2 atom stereocenters. The van der Waals surface area contributed by atoms with Crippen molar-refractivity contribution in [1.29, 1.82) is 0 Å². The van der Waals surface area contributed by atoms with Crippen LogP contribution < -0.4 is 5.56 Å². The molecule has 3 aromatic rings. The Labute approximate surface area is 261 Å². The van der Waals surface area contributed by atoms with Gasteiger partial charge < -0.3 is 14.6 Å². The van der Waals surface area contributed by atoms with E-state index in [2.05, 4.69) is 0 Å². The van der Waals surface area contributed by atoms with Gasteiger partial charge in [0.1, 0.15) is 11.6 Å². The minimum absolute atomic E-state index is 0.00781. The molecule has 1 heterocycles. The van der Waals surface area contributed by atoms with Crippen LogP contribution in [0.5, 0.6) is 0 Å². The molecule has 2 aromatic carbocycles. The summed E-state index contributed by atoms with van der Waals surface area (Å²) in [6, 6.07) is 5.73. The number of hydrogen-bond acceptors (Lipinski definition) is 4. The van der Waals surface area contributed by atoms with E-state index in [1.165, 1.54) is 29.7 Å². The van der Waals surface area contributed by atoms with Crippen LogP contribution in [-0.4, -0.2) is 47.0 Å². The summed E-state index contributed by atoms with van der Waals surface area (Å²) in [5, 5.41) is 9.78. The summed E-state index contributed by atoms with van der Waals surface area (Å²) in [5.41, 5.74) is 2.26. The van der Waals surface area contributed by atoms with Crippen molar-refractivity contribution in [2.45, 2.75) is 65.3 Å². The van der Waals surface area contributed by atoms with Crippen LogP contribution in [0.1, 0.15) is 67.3 Å². The van der Waals surface area contributed by atoms with E-state index >= 15 is 4.39 Å². The Morgan fingerprint density at radius 3 is 2.16 bits per heavy atom. The Kier molecular flexibility index (Phi) is 11.7. The number of likely N-dealkylation sites (N-methyl/N-ethyl adjacent to an activating group) is 1. The summed E-state index contributed by atoms with van der Waals surface area (Å²) < 4.78 is 31.0. The van der Waals surface area contributed by atoms with Gasteiger partial charge in [-0.05, 0) is 98.8 Å². The van der Waals surface area contributed by atoms with Gasteiger partial charge in [0.2, 0.25) is 0 Å². The molecule has 0 fully saturated rings. The van der Waals surface area contributed by atoms with Gasteiger partial charge in [-0.15, -0.1) is 0 Å². The number of aromatic nitrogens is 1. The average Bonchev–Trinajstić information content (AvgIpc) is 2.87. The number of nitrogens with zero attached hydrogens (tertiary/aromatic N) is 2. The summed E-state index contributed by atoms with van der Waals surface area (Å²) in [6.45, 7) is 7.99. The number of carboxylic acids is 1. The largest absolute Gasteiger partial charge is 0.481 e. The first kappa shape index (κ1) is 34.4. The number of Topliss-reactive ketones (excluding diaryl/α,β-unsaturated/α-hetero) is 1. The van der Waals surface area contributed by atoms with Crippen LogP contribution in [0.15, 0.2) is 41.3 Å². The second-order valence-electron chi connectivity index (χ2n) is 11.8. The lowest BCUT2D eigenvalue weighted by Gasteiger charge is -2.25. The smallest absolute Gasteiger partial charge is 0.303 e. The maximum absolute atomic E-state index is 15.7. The van der Waals surface area contributed by atoms with Crippen LogP contribution in [0, 0.1) is 31.4 Å². The molecule has 1 unspecified atom stereocenters. The molecule has 0 aliphatic rings. The Hall–Kier alpha value is -3.07. The molecule has 3 rings (SSSR count). The quantitative estimate of drug-likeness (QED) is 0.209. The van der Waals surface area contributed by atoms with Gasteiger partial charge in [0.25, 0.3) is 5.56 Å². The lowest BCUT2D eigenvalue weighted by atomic mass is 9.84. The molecule has 1 aromatic heterocycles. The van der Waals surface area contributed by atoms with Crippen LogP contribution in [0.25, 0.3) is 11.1 Å². The van der Waals surface area contributed by atoms with Gasteiger partial charge in [-0.3, -0.25) is 14.4 Å². The number of carbonyl (C=O) groups excluding carboxylic acids is 1. The standard InChI is InChI=1S/C33H38Cl2F2N2O4/c1-18(2)9-28(39-17-21(7-8-38(5)6)19(3)11-30(39)41)29(40)13-22(14-31(42)43)25-12-23(10-20(4)33(25)37)32-26(34)15-24(36)16-27(32)35/h10-12,15-18,22,28H,7-9,13-14H2,1-6H3,(H,42,43)/t22-,28?/m0/s1. The first-order chi connectivity index (χ1) is 20.1. The summed E-state index contributed by atoms with van der Waals surface area (Å²) in [4.78, 5) is 41.2. The molecule has 1 N–H and O–H groups in total. The zero-order valence-electron chi connectivity index (χ0n) is 25.3. The molecule has 0 aliphatic carbocycles. The zero-order valence-corrected chi connectivity index (χ0v) is 26.8. The topological polar surface area (TPSA) is 79.6 Å². The third-order valence-corrected chi connectivity index (χ3v) is 8.11. The molecule has 43 heavy (non-hydrogen) atoms. The van der Waals surface area contributed by atoms with E-state index in [0.29, 0.717) is 18.4 Å². The molecule has 0 radical (unpaired) electrons. The first-order valence-corrected chi connectivity index (χ1v) is 14.9. The van der Waals surface area contributed by atoms with Crippen molar-refractivity contribution >= 4 is 35.0 Å². The predicted molar refractivity (Wildman–Crippen MR) is 167 cm³/mol. The van der Waals surface area contributed by atoms with Gasteiger partial charge in [0.15, 0.2) is 5.78 Å². The summed E-state index contributed by atoms with van der Waals surface area (Å²) in [7, 11) is 3.90. The molecule has 0 bridgehead atoms. The van der Waals surface area contributed by atoms with Crippen molar-refractivity contribution in [2.24, 2.45) is 5.92 Å². The molecule has 0 saturated carbocycles. The Bertz CT molecular complexity index is 1550. The fraction of sp³-hybridized carbons (Fsp3) is 0.424. The third-order valence-electron chi connectivity index (χ3n) is 7.51. The second-order valence-corrected chi connectivity index (χ2v) is 12.6. The number of benzene rings is 2. The van der Waals surface area contributed by atoms with E-state index < -0.39 is 36.0 Å². The Balaban J connectivity index is 2.10. The van der Waals surface area contributed by atoms with E-state index in [1.807, 2.05) is 39.8 Å². The lowest BCUT2D eigenvalue weighted by molar-refractivity contribution is -0.137. The van der Waals surface area contributed by atoms with Gasteiger partial charge >= 0.3 is 5.97 Å². The second kappa shape index (κ2) is 14.6. The van der Waals surface area contributed by atoms with Gasteiger partial charge in [-0.2, -0.15) is 0 Å². The van der Waals surface area contributed by atoms with Crippen molar-refractivity contribution in [1.82, 2.24) is 9.47 Å². The van der Waals surface area contributed by atoms with Crippen molar-refractivity contribution < 1.29 is 23.5 Å². The Morgan fingerprint density at radius 2 is 1.60 bits per heavy atom. The number of rotatable bonds is 13. The summed E-state index contributed by atoms with van der Waals surface area (Å²) >= 11 is 12.6. The van der Waals surface area contributed by atoms with Crippen LogP contribution in [-0.2, 0) is 16.0 Å². The number of carbonyl (C=O) groups is 2. The molecule has 10 heteroatoms. The van der Waals surface area contributed by atoms with Crippen molar-refractivity contribution in [2.75, 3.05) is 20.6 Å². The molecule has 0 amide bonds. The fourth-order valence-corrected chi connectivity index (χ4v) is 6.00. The molecule has 232 valence electrons. The van der Waals surface area contributed by atoms with E-state index in [9.17, 15) is 23.9 Å². The SMILES string of the molecule is Cc1cc(=O)n(C(CC(C)C)C(=O)C[C@@H](CC(=O)O)c2cc(-c3c(Cl)cc(F)cc3Cl)cc(C)c2F)cc1CCN(C)C.